The van der Waals surface area contributed by atoms with Crippen LogP contribution in [0.15, 0.2) is 18.2 Å². The summed E-state index contributed by atoms with van der Waals surface area (Å²) in [6.07, 6.45) is 4.46. The van der Waals surface area contributed by atoms with E-state index >= 15 is 0 Å². The maximum absolute atomic E-state index is 12.9. The maximum Gasteiger partial charge on any atom is 0.247 e. The number of carbonyl (C=O) groups is 2. The molecule has 2 aliphatic rings. The van der Waals surface area contributed by atoms with Crippen molar-refractivity contribution in [3.05, 3.63) is 28.2 Å². The SMILES string of the molecule is O=C(Nc1ccc(Cl)cc1Cl)C1CCCCN1C(=O)C1CCCNC1. The van der Waals surface area contributed by atoms with Crippen molar-refractivity contribution in [1.82, 2.24) is 10.2 Å². The number of hydrogen-bond donors (Lipinski definition) is 2. The minimum absolute atomic E-state index is 0.0266. The van der Waals surface area contributed by atoms with Crippen LogP contribution in [0.25, 0.3) is 0 Å². The third kappa shape index (κ3) is 4.46. The van der Waals surface area contributed by atoms with Gasteiger partial charge in [-0.05, 0) is 56.8 Å². The van der Waals surface area contributed by atoms with Crippen LogP contribution in [0.1, 0.15) is 32.1 Å². The van der Waals surface area contributed by atoms with Crippen LogP contribution >= 0.6 is 23.2 Å². The lowest BCUT2D eigenvalue weighted by Gasteiger charge is -2.37. The van der Waals surface area contributed by atoms with Gasteiger partial charge in [-0.25, -0.2) is 0 Å². The largest absolute Gasteiger partial charge is 0.330 e. The molecule has 0 aromatic heterocycles. The van der Waals surface area contributed by atoms with E-state index in [1.807, 2.05) is 0 Å². The summed E-state index contributed by atoms with van der Waals surface area (Å²) in [5.41, 5.74) is 0.522. The Morgan fingerprint density at radius 2 is 2.00 bits per heavy atom. The van der Waals surface area contributed by atoms with Gasteiger partial charge in [-0.1, -0.05) is 23.2 Å². The van der Waals surface area contributed by atoms with Crippen molar-refractivity contribution in [2.75, 3.05) is 25.0 Å². The summed E-state index contributed by atoms with van der Waals surface area (Å²) in [5, 5.41) is 7.04. The Kier molecular flexibility index (Phi) is 6.20. The lowest BCUT2D eigenvalue weighted by atomic mass is 9.94. The highest BCUT2D eigenvalue weighted by atomic mass is 35.5. The zero-order valence-corrected chi connectivity index (χ0v) is 15.6. The molecule has 0 bridgehead atoms. The Balaban J connectivity index is 1.71. The van der Waals surface area contributed by atoms with Gasteiger partial charge in [-0.15, -0.1) is 0 Å². The highest BCUT2D eigenvalue weighted by Gasteiger charge is 2.35. The Hall–Kier alpha value is -1.30. The summed E-state index contributed by atoms with van der Waals surface area (Å²) in [6.45, 7) is 2.30. The molecule has 1 aromatic carbocycles. The van der Waals surface area contributed by atoms with Crippen molar-refractivity contribution in [2.24, 2.45) is 5.92 Å². The average Bonchev–Trinajstić information content (AvgIpc) is 2.64. The van der Waals surface area contributed by atoms with Crippen LogP contribution in [-0.2, 0) is 9.59 Å². The van der Waals surface area contributed by atoms with E-state index in [1.54, 1.807) is 23.1 Å². The number of carbonyl (C=O) groups excluding carboxylic acids is 2. The van der Waals surface area contributed by atoms with Crippen LogP contribution in [0.2, 0.25) is 10.0 Å². The van der Waals surface area contributed by atoms with Gasteiger partial charge in [0.1, 0.15) is 6.04 Å². The molecule has 3 rings (SSSR count). The summed E-state index contributed by atoms with van der Waals surface area (Å²) >= 11 is 12.0. The number of anilines is 1. The third-order valence-corrected chi connectivity index (χ3v) is 5.47. The highest BCUT2D eigenvalue weighted by Crippen LogP contribution is 2.27. The van der Waals surface area contributed by atoms with E-state index in [2.05, 4.69) is 10.6 Å². The first kappa shape index (κ1) is 18.5. The molecule has 1 aromatic rings. The molecular weight excluding hydrogens is 361 g/mol. The fourth-order valence-electron chi connectivity index (χ4n) is 3.57. The van der Waals surface area contributed by atoms with Crippen LogP contribution < -0.4 is 10.6 Å². The molecule has 7 heteroatoms. The molecule has 0 saturated carbocycles. The summed E-state index contributed by atoms with van der Waals surface area (Å²) < 4.78 is 0. The second-order valence-electron chi connectivity index (χ2n) is 6.70. The van der Waals surface area contributed by atoms with Crippen LogP contribution in [-0.4, -0.2) is 42.4 Å². The molecule has 2 saturated heterocycles. The number of benzene rings is 1. The molecule has 2 atom stereocenters. The summed E-state index contributed by atoms with van der Waals surface area (Å²) in [6, 6.07) is 4.52. The number of hydrogen-bond acceptors (Lipinski definition) is 3. The smallest absolute Gasteiger partial charge is 0.247 e. The minimum atomic E-state index is -0.435. The molecule has 5 nitrogen and oxygen atoms in total. The first-order chi connectivity index (χ1) is 12.1. The van der Waals surface area contributed by atoms with Gasteiger partial charge in [0.05, 0.1) is 16.6 Å². The van der Waals surface area contributed by atoms with Gasteiger partial charge in [-0.2, -0.15) is 0 Å². The van der Waals surface area contributed by atoms with Crippen molar-refractivity contribution in [2.45, 2.75) is 38.1 Å². The van der Waals surface area contributed by atoms with E-state index in [-0.39, 0.29) is 17.7 Å². The Morgan fingerprint density at radius 1 is 1.16 bits per heavy atom. The van der Waals surface area contributed by atoms with Crippen LogP contribution in [0, 0.1) is 5.92 Å². The average molecular weight is 384 g/mol. The lowest BCUT2D eigenvalue weighted by molar-refractivity contribution is -0.144. The van der Waals surface area contributed by atoms with Crippen molar-refractivity contribution in [3.63, 3.8) is 0 Å². The quantitative estimate of drug-likeness (QED) is 0.841. The predicted molar refractivity (Wildman–Crippen MR) is 100 cm³/mol. The molecule has 136 valence electrons. The van der Waals surface area contributed by atoms with Gasteiger partial charge in [0.15, 0.2) is 0 Å². The molecule has 0 radical (unpaired) electrons. The number of likely N-dealkylation sites (tertiary alicyclic amines) is 1. The second kappa shape index (κ2) is 8.39. The lowest BCUT2D eigenvalue weighted by Crippen LogP contribution is -2.53. The number of halogens is 2. The van der Waals surface area contributed by atoms with Crippen molar-refractivity contribution in [1.29, 1.82) is 0 Å². The molecule has 2 N–H and O–H groups in total. The van der Waals surface area contributed by atoms with E-state index in [0.29, 0.717) is 35.2 Å². The van der Waals surface area contributed by atoms with Gasteiger partial charge in [0, 0.05) is 18.1 Å². The summed E-state index contributed by atoms with van der Waals surface area (Å²) in [7, 11) is 0. The number of nitrogens with one attached hydrogen (secondary N) is 2. The predicted octanol–water partition coefficient (Wildman–Crippen LogP) is 3.31. The Labute approximate surface area is 158 Å². The molecule has 2 fully saturated rings. The number of amides is 2. The zero-order chi connectivity index (χ0) is 17.8. The molecule has 2 unspecified atom stereocenters. The van der Waals surface area contributed by atoms with Crippen molar-refractivity contribution >= 4 is 40.7 Å². The number of piperidine rings is 2. The van der Waals surface area contributed by atoms with Crippen LogP contribution in [0.3, 0.4) is 0 Å². The molecular formula is C18H23Cl2N3O2. The van der Waals surface area contributed by atoms with Crippen LogP contribution in [0.4, 0.5) is 5.69 Å². The topological polar surface area (TPSA) is 61.4 Å². The monoisotopic (exact) mass is 383 g/mol. The normalized spacial score (nSPS) is 24.0. The first-order valence-electron chi connectivity index (χ1n) is 8.83. The summed E-state index contributed by atoms with van der Waals surface area (Å²) in [5.74, 6) is -0.114. The van der Waals surface area contributed by atoms with E-state index in [4.69, 9.17) is 23.2 Å². The number of nitrogens with zero attached hydrogens (tertiary/aromatic N) is 1. The molecule has 0 spiro atoms. The summed E-state index contributed by atoms with van der Waals surface area (Å²) in [4.78, 5) is 27.4. The first-order valence-corrected chi connectivity index (χ1v) is 9.59. The second-order valence-corrected chi connectivity index (χ2v) is 7.54. The zero-order valence-electron chi connectivity index (χ0n) is 14.1. The molecule has 25 heavy (non-hydrogen) atoms. The van der Waals surface area contributed by atoms with Gasteiger partial charge in [0.25, 0.3) is 0 Å². The minimum Gasteiger partial charge on any atom is -0.330 e. The fourth-order valence-corrected chi connectivity index (χ4v) is 4.03. The Morgan fingerprint density at radius 3 is 2.72 bits per heavy atom. The van der Waals surface area contributed by atoms with Gasteiger partial charge in [-0.3, -0.25) is 9.59 Å². The van der Waals surface area contributed by atoms with Gasteiger partial charge < -0.3 is 15.5 Å². The maximum atomic E-state index is 12.9. The fraction of sp³-hybridized carbons (Fsp3) is 0.556. The Bertz CT molecular complexity index is 647. The van der Waals surface area contributed by atoms with E-state index < -0.39 is 6.04 Å². The molecule has 0 aliphatic carbocycles. The van der Waals surface area contributed by atoms with Crippen LogP contribution in [0.5, 0.6) is 0 Å². The molecule has 2 amide bonds. The van der Waals surface area contributed by atoms with Crippen molar-refractivity contribution < 1.29 is 9.59 Å². The standard InChI is InChI=1S/C18H23Cl2N3O2/c19-13-6-7-15(14(20)10-13)22-17(24)16-5-1-2-9-23(16)18(25)12-4-3-8-21-11-12/h6-7,10,12,16,21H,1-5,8-9,11H2,(H,22,24). The highest BCUT2D eigenvalue weighted by molar-refractivity contribution is 6.36. The van der Waals surface area contributed by atoms with Crippen molar-refractivity contribution in [3.8, 4) is 0 Å². The van der Waals surface area contributed by atoms with Gasteiger partial charge in [0.2, 0.25) is 11.8 Å². The van der Waals surface area contributed by atoms with Gasteiger partial charge >= 0.3 is 0 Å². The third-order valence-electron chi connectivity index (χ3n) is 4.92. The van der Waals surface area contributed by atoms with E-state index in [0.717, 1.165) is 32.2 Å². The number of rotatable bonds is 3. The van der Waals surface area contributed by atoms with E-state index in [1.165, 1.54) is 0 Å². The molecule has 2 aliphatic heterocycles. The van der Waals surface area contributed by atoms with E-state index in [9.17, 15) is 9.59 Å². The molecule has 2 heterocycles.